The number of hydrogen-bond donors (Lipinski definition) is 2. The fraction of sp³-hybridized carbons (Fsp3) is 0.267. The normalized spacial score (nSPS) is 18.8. The zero-order valence-electron chi connectivity index (χ0n) is 11.3. The minimum Gasteiger partial charge on any atom is -0.454 e. The van der Waals surface area contributed by atoms with Gasteiger partial charge in [-0.3, -0.25) is 5.10 Å². The van der Waals surface area contributed by atoms with Crippen LogP contribution in [0, 0.1) is 0 Å². The monoisotopic (exact) mass is 346 g/mol. The largest absolute Gasteiger partial charge is 0.454 e. The SMILES string of the molecule is NC1CCN(c2cc(-c3cc4cc(Br)ccc4o3)[nH]n2)C1. The first-order chi connectivity index (χ1) is 10.2. The van der Waals surface area contributed by atoms with Gasteiger partial charge in [0.2, 0.25) is 0 Å². The molecule has 3 N–H and O–H groups in total. The molecule has 21 heavy (non-hydrogen) atoms. The number of fused-ring (bicyclic) bond motifs is 1. The van der Waals surface area contributed by atoms with Crippen LogP contribution in [0.4, 0.5) is 5.82 Å². The van der Waals surface area contributed by atoms with Crippen LogP contribution < -0.4 is 10.6 Å². The van der Waals surface area contributed by atoms with Gasteiger partial charge in [-0.25, -0.2) is 0 Å². The van der Waals surface area contributed by atoms with Gasteiger partial charge in [-0.1, -0.05) is 15.9 Å². The third kappa shape index (κ3) is 2.34. The second-order valence-corrected chi connectivity index (χ2v) is 6.34. The molecule has 0 aliphatic carbocycles. The van der Waals surface area contributed by atoms with Gasteiger partial charge in [-0.2, -0.15) is 5.10 Å². The quantitative estimate of drug-likeness (QED) is 0.747. The summed E-state index contributed by atoms with van der Waals surface area (Å²) in [5.74, 6) is 1.73. The van der Waals surface area contributed by atoms with Crippen molar-refractivity contribution in [2.75, 3.05) is 18.0 Å². The summed E-state index contributed by atoms with van der Waals surface area (Å²) < 4.78 is 6.91. The number of aromatic nitrogens is 2. The number of hydrogen-bond acceptors (Lipinski definition) is 4. The molecule has 1 unspecified atom stereocenters. The van der Waals surface area contributed by atoms with Gasteiger partial charge >= 0.3 is 0 Å². The lowest BCUT2D eigenvalue weighted by atomic mass is 10.2. The van der Waals surface area contributed by atoms with Crippen molar-refractivity contribution in [3.63, 3.8) is 0 Å². The van der Waals surface area contributed by atoms with Crippen LogP contribution in [0.5, 0.6) is 0 Å². The van der Waals surface area contributed by atoms with Crippen LogP contribution >= 0.6 is 15.9 Å². The first kappa shape index (κ1) is 12.9. The van der Waals surface area contributed by atoms with Gasteiger partial charge in [0.25, 0.3) is 0 Å². The summed E-state index contributed by atoms with van der Waals surface area (Å²) in [5.41, 5.74) is 7.70. The summed E-state index contributed by atoms with van der Waals surface area (Å²) in [7, 11) is 0. The summed E-state index contributed by atoms with van der Waals surface area (Å²) in [5, 5.41) is 8.49. The average Bonchev–Trinajstić information content (AvgIpc) is 3.14. The number of H-pyrrole nitrogens is 1. The van der Waals surface area contributed by atoms with Gasteiger partial charge in [0, 0.05) is 35.1 Å². The molecule has 0 saturated carbocycles. The maximum Gasteiger partial charge on any atom is 0.153 e. The highest BCUT2D eigenvalue weighted by Gasteiger charge is 2.22. The number of nitrogens with two attached hydrogens (primary N) is 1. The molecule has 1 aliphatic rings. The van der Waals surface area contributed by atoms with Crippen LogP contribution in [0.2, 0.25) is 0 Å². The highest BCUT2D eigenvalue weighted by Crippen LogP contribution is 2.30. The van der Waals surface area contributed by atoms with E-state index in [0.29, 0.717) is 0 Å². The number of anilines is 1. The van der Waals surface area contributed by atoms with Gasteiger partial charge in [0.1, 0.15) is 11.3 Å². The smallest absolute Gasteiger partial charge is 0.153 e. The molecule has 0 spiro atoms. The van der Waals surface area contributed by atoms with Crippen LogP contribution in [0.1, 0.15) is 6.42 Å². The number of halogens is 1. The van der Waals surface area contributed by atoms with Gasteiger partial charge in [-0.15, -0.1) is 0 Å². The van der Waals surface area contributed by atoms with Crippen LogP contribution in [-0.2, 0) is 0 Å². The number of nitrogens with zero attached hydrogens (tertiary/aromatic N) is 2. The zero-order valence-corrected chi connectivity index (χ0v) is 12.9. The second kappa shape index (κ2) is 4.89. The van der Waals surface area contributed by atoms with Crippen LogP contribution in [0.25, 0.3) is 22.4 Å². The summed E-state index contributed by atoms with van der Waals surface area (Å²) >= 11 is 3.47. The van der Waals surface area contributed by atoms with E-state index >= 15 is 0 Å². The van der Waals surface area contributed by atoms with E-state index in [1.807, 2.05) is 30.3 Å². The van der Waals surface area contributed by atoms with E-state index < -0.39 is 0 Å². The molecule has 5 nitrogen and oxygen atoms in total. The lowest BCUT2D eigenvalue weighted by Gasteiger charge is -2.13. The second-order valence-electron chi connectivity index (χ2n) is 5.43. The molecule has 1 atom stereocenters. The predicted octanol–water partition coefficient (Wildman–Crippen LogP) is 3.12. The maximum atomic E-state index is 5.94. The van der Waals surface area contributed by atoms with Crippen molar-refractivity contribution < 1.29 is 4.42 Å². The third-order valence-electron chi connectivity index (χ3n) is 3.86. The zero-order chi connectivity index (χ0) is 14.4. The minimum atomic E-state index is 0.244. The molecule has 4 rings (SSSR count). The number of aromatic amines is 1. The van der Waals surface area contributed by atoms with E-state index in [1.54, 1.807) is 0 Å². The van der Waals surface area contributed by atoms with Crippen molar-refractivity contribution in [2.45, 2.75) is 12.5 Å². The Morgan fingerprint density at radius 1 is 1.33 bits per heavy atom. The van der Waals surface area contributed by atoms with Crippen molar-refractivity contribution in [3.8, 4) is 11.5 Å². The van der Waals surface area contributed by atoms with Gasteiger partial charge < -0.3 is 15.1 Å². The molecule has 1 aromatic carbocycles. The average molecular weight is 347 g/mol. The number of furan rings is 1. The number of rotatable bonds is 2. The van der Waals surface area contributed by atoms with E-state index in [9.17, 15) is 0 Å². The Balaban J connectivity index is 1.67. The Bertz CT molecular complexity index is 794. The summed E-state index contributed by atoms with van der Waals surface area (Å²) in [4.78, 5) is 2.20. The molecule has 3 aromatic rings. The third-order valence-corrected chi connectivity index (χ3v) is 4.35. The fourth-order valence-electron chi connectivity index (χ4n) is 2.74. The van der Waals surface area contributed by atoms with Crippen LogP contribution in [0.15, 0.2) is 39.2 Å². The van der Waals surface area contributed by atoms with Crippen LogP contribution in [-0.4, -0.2) is 29.3 Å². The van der Waals surface area contributed by atoms with Crippen molar-refractivity contribution in [3.05, 3.63) is 34.8 Å². The van der Waals surface area contributed by atoms with Crippen molar-refractivity contribution in [1.82, 2.24) is 10.2 Å². The van der Waals surface area contributed by atoms with Crippen molar-refractivity contribution in [2.24, 2.45) is 5.73 Å². The molecule has 0 radical (unpaired) electrons. The highest BCUT2D eigenvalue weighted by atomic mass is 79.9. The molecule has 1 fully saturated rings. The first-order valence-corrected chi connectivity index (χ1v) is 7.74. The molecular formula is C15H15BrN4O. The Labute approximate surface area is 130 Å². The van der Waals surface area contributed by atoms with E-state index in [-0.39, 0.29) is 6.04 Å². The number of nitrogens with one attached hydrogen (secondary N) is 1. The maximum absolute atomic E-state index is 5.94. The van der Waals surface area contributed by atoms with Crippen molar-refractivity contribution in [1.29, 1.82) is 0 Å². The van der Waals surface area contributed by atoms with E-state index in [2.05, 4.69) is 31.0 Å². The molecular weight excluding hydrogens is 332 g/mol. The first-order valence-electron chi connectivity index (χ1n) is 6.94. The Morgan fingerprint density at radius 3 is 3.05 bits per heavy atom. The fourth-order valence-corrected chi connectivity index (χ4v) is 3.12. The lowest BCUT2D eigenvalue weighted by molar-refractivity contribution is 0.628. The molecule has 108 valence electrons. The molecule has 2 aromatic heterocycles. The molecule has 1 aliphatic heterocycles. The van der Waals surface area contributed by atoms with Gasteiger partial charge in [0.05, 0.1) is 0 Å². The van der Waals surface area contributed by atoms with Gasteiger partial charge in [0.15, 0.2) is 11.6 Å². The summed E-state index contributed by atoms with van der Waals surface area (Å²) in [6, 6.07) is 10.3. The number of benzene rings is 1. The molecule has 3 heterocycles. The van der Waals surface area contributed by atoms with Gasteiger partial charge in [-0.05, 0) is 30.7 Å². The standard InChI is InChI=1S/C15H15BrN4O/c16-10-1-2-13-9(5-10)6-14(21-13)12-7-15(19-18-12)20-4-3-11(17)8-20/h1-2,5-7,11H,3-4,8,17H2,(H,18,19). The molecule has 1 saturated heterocycles. The Hall–Kier alpha value is -1.79. The molecule has 0 amide bonds. The topological polar surface area (TPSA) is 71.1 Å². The summed E-state index contributed by atoms with van der Waals surface area (Å²) in [6.45, 7) is 1.82. The van der Waals surface area contributed by atoms with E-state index in [0.717, 1.165) is 52.2 Å². The summed E-state index contributed by atoms with van der Waals surface area (Å²) in [6.07, 6.45) is 1.01. The van der Waals surface area contributed by atoms with Crippen LogP contribution in [0.3, 0.4) is 0 Å². The Kier molecular flexibility index (Phi) is 3.01. The minimum absolute atomic E-state index is 0.244. The molecule has 6 heteroatoms. The highest BCUT2D eigenvalue weighted by molar-refractivity contribution is 9.10. The van der Waals surface area contributed by atoms with E-state index in [1.165, 1.54) is 0 Å². The van der Waals surface area contributed by atoms with E-state index in [4.69, 9.17) is 10.2 Å². The lowest BCUT2D eigenvalue weighted by Crippen LogP contribution is -2.26. The van der Waals surface area contributed by atoms with Crippen molar-refractivity contribution >= 4 is 32.7 Å². The molecule has 0 bridgehead atoms. The predicted molar refractivity (Wildman–Crippen MR) is 86.3 cm³/mol. The Morgan fingerprint density at radius 2 is 2.24 bits per heavy atom.